The molecule has 0 spiro atoms. The van der Waals surface area contributed by atoms with Crippen LogP contribution in [0.15, 0.2) is 0 Å². The second kappa shape index (κ2) is 5.41. The van der Waals surface area contributed by atoms with E-state index in [1.807, 2.05) is 32.6 Å². The van der Waals surface area contributed by atoms with Gasteiger partial charge < -0.3 is 4.90 Å². The molecule has 72 valence electrons. The number of hydrogen-bond donors (Lipinski definition) is 0. The summed E-state index contributed by atoms with van der Waals surface area (Å²) in [5.74, 6) is 0.499. The van der Waals surface area contributed by atoms with Crippen LogP contribution in [0.3, 0.4) is 0 Å². The number of amides is 1. The van der Waals surface area contributed by atoms with E-state index in [9.17, 15) is 4.79 Å². The summed E-state index contributed by atoms with van der Waals surface area (Å²) >= 11 is 5.61. The van der Waals surface area contributed by atoms with Crippen molar-refractivity contribution in [2.24, 2.45) is 5.92 Å². The predicted molar refractivity (Wildman–Crippen MR) is 52.4 cm³/mol. The van der Waals surface area contributed by atoms with E-state index in [4.69, 9.17) is 11.6 Å². The molecule has 1 amide bonds. The Labute approximate surface area is 79.9 Å². The quantitative estimate of drug-likeness (QED) is 0.624. The number of nitrogens with zero attached hydrogens (tertiary/aromatic N) is 1. The number of rotatable bonds is 4. The smallest absolute Gasteiger partial charge is 0.226 e. The molecule has 0 aromatic carbocycles. The summed E-state index contributed by atoms with van der Waals surface area (Å²) in [7, 11) is 0. The van der Waals surface area contributed by atoms with Gasteiger partial charge in [0, 0.05) is 24.4 Å². The van der Waals surface area contributed by atoms with Crippen LogP contribution < -0.4 is 0 Å². The SMILES string of the molecule is CCN(C(=O)C(C)CCl)C(C)C. The molecule has 12 heavy (non-hydrogen) atoms. The molecule has 0 aliphatic carbocycles. The van der Waals surface area contributed by atoms with E-state index in [2.05, 4.69) is 0 Å². The summed E-state index contributed by atoms with van der Waals surface area (Å²) in [5.41, 5.74) is 0. The number of carbonyl (C=O) groups is 1. The first-order valence-electron chi connectivity index (χ1n) is 4.41. The van der Waals surface area contributed by atoms with Gasteiger partial charge in [0.1, 0.15) is 0 Å². The van der Waals surface area contributed by atoms with Gasteiger partial charge in [-0.2, -0.15) is 0 Å². The summed E-state index contributed by atoms with van der Waals surface area (Å²) in [6.07, 6.45) is 0. The standard InChI is InChI=1S/C9H18ClNO/c1-5-11(7(2)3)9(12)8(4)6-10/h7-8H,5-6H2,1-4H3. The molecule has 0 aliphatic heterocycles. The molecule has 0 N–H and O–H groups in total. The number of carbonyl (C=O) groups excluding carboxylic acids is 1. The molecular formula is C9H18ClNO. The fourth-order valence-corrected chi connectivity index (χ4v) is 1.26. The molecule has 0 bridgehead atoms. The lowest BCUT2D eigenvalue weighted by Gasteiger charge is -2.27. The van der Waals surface area contributed by atoms with Crippen LogP contribution in [-0.4, -0.2) is 29.3 Å². The van der Waals surface area contributed by atoms with Gasteiger partial charge in [-0.1, -0.05) is 6.92 Å². The fourth-order valence-electron chi connectivity index (χ4n) is 1.12. The number of hydrogen-bond acceptors (Lipinski definition) is 1. The van der Waals surface area contributed by atoms with Crippen LogP contribution in [0.2, 0.25) is 0 Å². The van der Waals surface area contributed by atoms with Gasteiger partial charge >= 0.3 is 0 Å². The van der Waals surface area contributed by atoms with E-state index in [1.54, 1.807) is 0 Å². The van der Waals surface area contributed by atoms with E-state index in [0.29, 0.717) is 5.88 Å². The first kappa shape index (κ1) is 11.8. The molecule has 0 heterocycles. The zero-order valence-corrected chi connectivity index (χ0v) is 9.06. The molecule has 0 aromatic heterocycles. The van der Waals surface area contributed by atoms with Gasteiger partial charge in [-0.05, 0) is 20.8 Å². The topological polar surface area (TPSA) is 20.3 Å². The van der Waals surface area contributed by atoms with Crippen molar-refractivity contribution in [1.82, 2.24) is 4.90 Å². The third kappa shape index (κ3) is 3.02. The number of halogens is 1. The van der Waals surface area contributed by atoms with Crippen molar-refractivity contribution in [2.75, 3.05) is 12.4 Å². The zero-order chi connectivity index (χ0) is 9.72. The maximum absolute atomic E-state index is 11.6. The first-order chi connectivity index (χ1) is 5.54. The Hall–Kier alpha value is -0.240. The molecule has 1 atom stereocenters. The maximum atomic E-state index is 11.6. The minimum Gasteiger partial charge on any atom is -0.340 e. The summed E-state index contributed by atoms with van der Waals surface area (Å²) in [4.78, 5) is 13.4. The Balaban J connectivity index is 4.21. The minimum atomic E-state index is -0.0611. The summed E-state index contributed by atoms with van der Waals surface area (Å²) in [6.45, 7) is 8.64. The van der Waals surface area contributed by atoms with Crippen molar-refractivity contribution >= 4 is 17.5 Å². The van der Waals surface area contributed by atoms with Crippen LogP contribution in [0.4, 0.5) is 0 Å². The van der Waals surface area contributed by atoms with Crippen molar-refractivity contribution in [1.29, 1.82) is 0 Å². The van der Waals surface area contributed by atoms with Crippen molar-refractivity contribution in [3.8, 4) is 0 Å². The third-order valence-corrected chi connectivity index (χ3v) is 2.36. The average molecular weight is 192 g/mol. The second-order valence-corrected chi connectivity index (χ2v) is 3.58. The Morgan fingerprint density at radius 3 is 2.17 bits per heavy atom. The van der Waals surface area contributed by atoms with Crippen LogP contribution in [0.1, 0.15) is 27.7 Å². The van der Waals surface area contributed by atoms with Gasteiger partial charge in [0.15, 0.2) is 0 Å². The van der Waals surface area contributed by atoms with Crippen LogP contribution in [0, 0.1) is 5.92 Å². The van der Waals surface area contributed by atoms with E-state index in [1.165, 1.54) is 0 Å². The minimum absolute atomic E-state index is 0.0611. The van der Waals surface area contributed by atoms with Crippen molar-refractivity contribution in [2.45, 2.75) is 33.7 Å². The molecule has 0 saturated carbocycles. The lowest BCUT2D eigenvalue weighted by atomic mass is 10.1. The molecule has 0 radical (unpaired) electrons. The Morgan fingerprint density at radius 1 is 1.42 bits per heavy atom. The van der Waals surface area contributed by atoms with Gasteiger partial charge in [-0.15, -0.1) is 11.6 Å². The van der Waals surface area contributed by atoms with Gasteiger partial charge in [0.25, 0.3) is 0 Å². The monoisotopic (exact) mass is 191 g/mol. The highest BCUT2D eigenvalue weighted by Gasteiger charge is 2.20. The molecule has 0 saturated heterocycles. The third-order valence-electron chi connectivity index (χ3n) is 1.90. The molecule has 1 unspecified atom stereocenters. The van der Waals surface area contributed by atoms with Crippen LogP contribution >= 0.6 is 11.6 Å². The fraction of sp³-hybridized carbons (Fsp3) is 0.889. The van der Waals surface area contributed by atoms with E-state index >= 15 is 0 Å². The van der Waals surface area contributed by atoms with Crippen LogP contribution in [0.25, 0.3) is 0 Å². The van der Waals surface area contributed by atoms with Crippen molar-refractivity contribution < 1.29 is 4.79 Å². The molecule has 2 nitrogen and oxygen atoms in total. The van der Waals surface area contributed by atoms with E-state index in [0.717, 1.165) is 6.54 Å². The molecule has 0 aromatic rings. The lowest BCUT2D eigenvalue weighted by Crippen LogP contribution is -2.40. The summed E-state index contributed by atoms with van der Waals surface area (Å²) in [5, 5.41) is 0. The Kier molecular flexibility index (Phi) is 5.31. The largest absolute Gasteiger partial charge is 0.340 e. The van der Waals surface area contributed by atoms with E-state index in [-0.39, 0.29) is 17.9 Å². The predicted octanol–water partition coefficient (Wildman–Crippen LogP) is 2.12. The molecule has 3 heteroatoms. The highest BCUT2D eigenvalue weighted by molar-refractivity contribution is 6.19. The summed E-state index contributed by atoms with van der Waals surface area (Å²) in [6, 6.07) is 0.271. The van der Waals surface area contributed by atoms with Gasteiger partial charge in [-0.25, -0.2) is 0 Å². The Morgan fingerprint density at radius 2 is 1.92 bits per heavy atom. The summed E-state index contributed by atoms with van der Waals surface area (Å²) < 4.78 is 0. The normalized spacial score (nSPS) is 13.2. The Bertz CT molecular complexity index is 147. The molecular weight excluding hydrogens is 174 g/mol. The molecule has 0 rings (SSSR count). The van der Waals surface area contributed by atoms with Gasteiger partial charge in [-0.3, -0.25) is 4.79 Å². The molecule has 0 fully saturated rings. The van der Waals surface area contributed by atoms with Gasteiger partial charge in [0.2, 0.25) is 5.91 Å². The van der Waals surface area contributed by atoms with Crippen molar-refractivity contribution in [3.63, 3.8) is 0 Å². The van der Waals surface area contributed by atoms with E-state index < -0.39 is 0 Å². The first-order valence-corrected chi connectivity index (χ1v) is 4.94. The van der Waals surface area contributed by atoms with Crippen LogP contribution in [0.5, 0.6) is 0 Å². The van der Waals surface area contributed by atoms with Crippen LogP contribution in [-0.2, 0) is 4.79 Å². The van der Waals surface area contributed by atoms with Gasteiger partial charge in [0.05, 0.1) is 0 Å². The lowest BCUT2D eigenvalue weighted by molar-refractivity contribution is -0.135. The van der Waals surface area contributed by atoms with Crippen molar-refractivity contribution in [3.05, 3.63) is 0 Å². The maximum Gasteiger partial charge on any atom is 0.226 e. The zero-order valence-electron chi connectivity index (χ0n) is 8.30. The average Bonchev–Trinajstić information content (AvgIpc) is 2.03. The molecule has 0 aliphatic rings. The second-order valence-electron chi connectivity index (χ2n) is 3.27. The highest BCUT2D eigenvalue weighted by Crippen LogP contribution is 2.07. The number of alkyl halides is 1. The highest BCUT2D eigenvalue weighted by atomic mass is 35.5.